The second kappa shape index (κ2) is 12.3. The minimum atomic E-state index is 0.999. The summed E-state index contributed by atoms with van der Waals surface area (Å²) in [6, 6.07) is 74.8. The van der Waals surface area contributed by atoms with Gasteiger partial charge in [0.15, 0.2) is 0 Å². The molecule has 4 nitrogen and oxygen atoms in total. The zero-order valence-corrected chi connectivity index (χ0v) is 31.9. The van der Waals surface area contributed by atoms with Gasteiger partial charge in [-0.3, -0.25) is 0 Å². The first-order chi connectivity index (χ1) is 29.3. The van der Waals surface area contributed by atoms with Crippen molar-refractivity contribution >= 4 is 87.1 Å². The molecular formula is C55H34N4. The molecule has 0 spiro atoms. The van der Waals surface area contributed by atoms with Crippen LogP contribution in [-0.4, -0.2) is 18.7 Å². The largest absolute Gasteiger partial charge is 0.309 e. The molecule has 0 atom stereocenters. The summed E-state index contributed by atoms with van der Waals surface area (Å²) in [6.45, 7) is 0. The summed E-state index contributed by atoms with van der Waals surface area (Å²) >= 11 is 0. The monoisotopic (exact) mass is 750 g/mol. The number of para-hydroxylation sites is 5. The number of rotatable bonds is 4. The van der Waals surface area contributed by atoms with Gasteiger partial charge in [-0.2, -0.15) is 0 Å². The lowest BCUT2D eigenvalue weighted by Gasteiger charge is -2.14. The fourth-order valence-corrected chi connectivity index (χ4v) is 9.87. The van der Waals surface area contributed by atoms with E-state index in [0.29, 0.717) is 0 Å². The first-order valence-corrected chi connectivity index (χ1v) is 20.2. The highest BCUT2D eigenvalue weighted by Crippen LogP contribution is 2.43. The van der Waals surface area contributed by atoms with Crippen molar-refractivity contribution < 1.29 is 0 Å². The van der Waals surface area contributed by atoms with Crippen molar-refractivity contribution in [2.45, 2.75) is 0 Å². The van der Waals surface area contributed by atoms with Gasteiger partial charge in [0, 0.05) is 65.7 Å². The maximum Gasteiger partial charge on any atom is 0.0788 e. The number of hydrogen-bond acceptors (Lipinski definition) is 1. The van der Waals surface area contributed by atoms with Crippen LogP contribution in [0, 0.1) is 0 Å². The van der Waals surface area contributed by atoms with Crippen molar-refractivity contribution in [1.29, 1.82) is 0 Å². The maximum atomic E-state index is 5.27. The van der Waals surface area contributed by atoms with Crippen molar-refractivity contribution in [3.05, 3.63) is 206 Å². The molecule has 0 bridgehead atoms. The van der Waals surface area contributed by atoms with E-state index < -0.39 is 0 Å². The molecule has 13 rings (SSSR count). The molecule has 0 fully saturated rings. The van der Waals surface area contributed by atoms with Gasteiger partial charge in [-0.15, -0.1) is 0 Å². The number of hydrogen-bond donors (Lipinski definition) is 0. The van der Waals surface area contributed by atoms with Crippen molar-refractivity contribution in [2.24, 2.45) is 0 Å². The van der Waals surface area contributed by atoms with Gasteiger partial charge in [0.05, 0.1) is 44.3 Å². The van der Waals surface area contributed by atoms with E-state index in [1.165, 1.54) is 65.3 Å². The predicted molar refractivity (Wildman–Crippen MR) is 248 cm³/mol. The summed E-state index contributed by atoms with van der Waals surface area (Å²) in [5, 5.41) is 10.9. The molecule has 0 aliphatic rings. The SMILES string of the molecule is c1ccc(-c2nc3ccccc3c3cc4c5ccccc5n(-c5ccc(-n6c7ccccc7c7ccc8c9ccccc9n(-c9ccccc9)c8c76)cc5)c4cc23)cc1. The minimum Gasteiger partial charge on any atom is -0.309 e. The summed E-state index contributed by atoms with van der Waals surface area (Å²) in [4.78, 5) is 5.27. The summed E-state index contributed by atoms with van der Waals surface area (Å²) in [6.07, 6.45) is 0. The zero-order valence-electron chi connectivity index (χ0n) is 31.9. The van der Waals surface area contributed by atoms with Gasteiger partial charge in [0.1, 0.15) is 0 Å². The molecule has 0 amide bonds. The molecule has 274 valence electrons. The third kappa shape index (κ3) is 4.57. The third-order valence-corrected chi connectivity index (χ3v) is 12.4. The summed E-state index contributed by atoms with van der Waals surface area (Å²) in [7, 11) is 0. The molecule has 59 heavy (non-hydrogen) atoms. The van der Waals surface area contributed by atoms with Crippen LogP contribution in [-0.2, 0) is 0 Å². The van der Waals surface area contributed by atoms with E-state index in [4.69, 9.17) is 4.98 Å². The van der Waals surface area contributed by atoms with E-state index in [1.807, 2.05) is 0 Å². The van der Waals surface area contributed by atoms with Crippen LogP contribution in [0.2, 0.25) is 0 Å². The lowest BCUT2D eigenvalue weighted by Crippen LogP contribution is -1.99. The Morgan fingerprint density at radius 1 is 0.271 bits per heavy atom. The van der Waals surface area contributed by atoms with Crippen LogP contribution < -0.4 is 0 Å². The molecule has 0 aliphatic carbocycles. The van der Waals surface area contributed by atoms with Crippen LogP contribution in [0.1, 0.15) is 0 Å². The molecule has 0 saturated heterocycles. The molecule has 9 aromatic carbocycles. The zero-order chi connectivity index (χ0) is 38.6. The average molecular weight is 751 g/mol. The fraction of sp³-hybridized carbons (Fsp3) is 0. The predicted octanol–water partition coefficient (Wildman–Crippen LogP) is 14.3. The molecule has 4 heterocycles. The Morgan fingerprint density at radius 3 is 1.34 bits per heavy atom. The lowest BCUT2D eigenvalue weighted by atomic mass is 9.98. The fourth-order valence-electron chi connectivity index (χ4n) is 9.87. The van der Waals surface area contributed by atoms with Gasteiger partial charge in [-0.25, -0.2) is 4.98 Å². The van der Waals surface area contributed by atoms with E-state index in [0.717, 1.165) is 50.1 Å². The Bertz CT molecular complexity index is 3810. The van der Waals surface area contributed by atoms with Crippen molar-refractivity contribution in [3.63, 3.8) is 0 Å². The summed E-state index contributed by atoms with van der Waals surface area (Å²) in [5.74, 6) is 0. The third-order valence-electron chi connectivity index (χ3n) is 12.4. The molecule has 0 saturated carbocycles. The van der Waals surface area contributed by atoms with Gasteiger partial charge in [-0.1, -0.05) is 133 Å². The van der Waals surface area contributed by atoms with E-state index in [2.05, 4.69) is 220 Å². The van der Waals surface area contributed by atoms with Gasteiger partial charge in [-0.05, 0) is 78.2 Å². The summed E-state index contributed by atoms with van der Waals surface area (Å²) < 4.78 is 7.34. The Kier molecular flexibility index (Phi) is 6.69. The van der Waals surface area contributed by atoms with Crippen LogP contribution in [0.25, 0.3) is 115 Å². The van der Waals surface area contributed by atoms with E-state index in [9.17, 15) is 0 Å². The quantitative estimate of drug-likeness (QED) is 0.165. The molecule has 4 heteroatoms. The topological polar surface area (TPSA) is 27.7 Å². The van der Waals surface area contributed by atoms with Crippen LogP contribution in [0.15, 0.2) is 206 Å². The molecule has 13 aromatic rings. The lowest BCUT2D eigenvalue weighted by molar-refractivity contribution is 1.13. The van der Waals surface area contributed by atoms with E-state index >= 15 is 0 Å². The number of pyridine rings is 1. The Balaban J connectivity index is 1.08. The van der Waals surface area contributed by atoms with E-state index in [-0.39, 0.29) is 0 Å². The van der Waals surface area contributed by atoms with E-state index in [1.54, 1.807) is 0 Å². The van der Waals surface area contributed by atoms with Crippen LogP contribution in [0.4, 0.5) is 0 Å². The highest BCUT2D eigenvalue weighted by Gasteiger charge is 2.22. The Morgan fingerprint density at radius 2 is 0.729 bits per heavy atom. The van der Waals surface area contributed by atoms with Crippen LogP contribution >= 0.6 is 0 Å². The highest BCUT2D eigenvalue weighted by atomic mass is 15.0. The smallest absolute Gasteiger partial charge is 0.0788 e. The Labute approximate surface area is 339 Å². The van der Waals surface area contributed by atoms with Gasteiger partial charge < -0.3 is 13.7 Å². The van der Waals surface area contributed by atoms with Gasteiger partial charge in [0.25, 0.3) is 0 Å². The number of fused-ring (bicyclic) bond motifs is 13. The highest BCUT2D eigenvalue weighted by molar-refractivity contribution is 6.24. The first-order valence-electron chi connectivity index (χ1n) is 20.2. The van der Waals surface area contributed by atoms with Crippen LogP contribution in [0.3, 0.4) is 0 Å². The van der Waals surface area contributed by atoms with Crippen molar-refractivity contribution in [3.8, 4) is 28.3 Å². The summed E-state index contributed by atoms with van der Waals surface area (Å²) in [5.41, 5.74) is 13.6. The second-order valence-electron chi connectivity index (χ2n) is 15.5. The number of benzene rings is 9. The molecule has 0 N–H and O–H groups in total. The van der Waals surface area contributed by atoms with Crippen LogP contribution in [0.5, 0.6) is 0 Å². The average Bonchev–Trinajstić information content (AvgIpc) is 3.94. The number of aromatic nitrogens is 4. The first kappa shape index (κ1) is 32.2. The second-order valence-corrected chi connectivity index (χ2v) is 15.5. The minimum absolute atomic E-state index is 0.999. The standard InChI is InChI=1S/C55H34N4/c1-3-15-35(16-4-1)53-47-34-52-46(33-45(47)39-19-7-11-23-48(39)56-53)42-22-10-12-24-49(42)57(52)37-27-29-38(30-28-37)59-51-26-14-9-21-41(51)44-32-31-43-40-20-8-13-25-50(40)58(54(43)55(44)59)36-17-5-2-6-18-36/h1-34H. The Hall–Kier alpha value is -7.95. The normalized spacial score (nSPS) is 12.1. The number of nitrogens with zero attached hydrogens (tertiary/aromatic N) is 4. The molecular weight excluding hydrogens is 717 g/mol. The molecule has 0 radical (unpaired) electrons. The molecule has 4 aromatic heterocycles. The molecule has 0 unspecified atom stereocenters. The van der Waals surface area contributed by atoms with Crippen molar-refractivity contribution in [1.82, 2.24) is 18.7 Å². The van der Waals surface area contributed by atoms with Crippen molar-refractivity contribution in [2.75, 3.05) is 0 Å². The maximum absolute atomic E-state index is 5.27. The molecule has 0 aliphatic heterocycles. The van der Waals surface area contributed by atoms with Gasteiger partial charge >= 0.3 is 0 Å². The van der Waals surface area contributed by atoms with Gasteiger partial charge in [0.2, 0.25) is 0 Å².